The Kier molecular flexibility index (Phi) is 13.9. The highest BCUT2D eigenvalue weighted by Crippen LogP contribution is 2.56. The third-order valence-electron chi connectivity index (χ3n) is 16.3. The van der Waals surface area contributed by atoms with Gasteiger partial charge in [0.05, 0.1) is 23.1 Å². The molecule has 1 aromatic heterocycles. The standard InChI is InChI=1S/C54H59ClF4N8O6/c1-29-42-40(26-38(57)46(55)45(42)44-35(50(60)69)13-14-39(72-3)47(44)58)73-54(29,33-7-5-4-6-8-33)28-61-34-17-22-66(23-18-34)52(70)32-11-9-30(10-12-32)27-65-20-15-31(16-21-65)43-37(56)25-36-49(48(43)59)64(2)63-51(36)67-24-19-41(68)62-53(67)71/h4-8,13-14,25-26,29-32,34,61H,9-12,15-24,27-28H2,1-3H3,(H2,60,69)(H,62,68,71). The van der Waals surface area contributed by atoms with E-state index < -0.39 is 52.6 Å². The van der Waals surface area contributed by atoms with Gasteiger partial charge in [-0.15, -0.1) is 0 Å². The number of anilines is 1. The molecule has 5 aromatic rings. The predicted molar refractivity (Wildman–Crippen MR) is 267 cm³/mol. The lowest BCUT2D eigenvalue weighted by Gasteiger charge is -2.40. The summed E-state index contributed by atoms with van der Waals surface area (Å²) in [5.41, 5.74) is 5.56. The van der Waals surface area contributed by atoms with Crippen molar-refractivity contribution >= 4 is 52.1 Å². The number of hydrogen-bond donors (Lipinski definition) is 3. The Morgan fingerprint density at radius 2 is 1.60 bits per heavy atom. The van der Waals surface area contributed by atoms with Gasteiger partial charge in [0.2, 0.25) is 17.7 Å². The summed E-state index contributed by atoms with van der Waals surface area (Å²) < 4.78 is 77.4. The number of ether oxygens (including phenoxy) is 2. The highest BCUT2D eigenvalue weighted by Gasteiger charge is 2.50. The van der Waals surface area contributed by atoms with E-state index in [9.17, 15) is 19.2 Å². The van der Waals surface area contributed by atoms with E-state index in [2.05, 4.69) is 20.6 Å². The van der Waals surface area contributed by atoms with Gasteiger partial charge in [0.25, 0.3) is 0 Å². The number of aromatic nitrogens is 2. The van der Waals surface area contributed by atoms with Crippen LogP contribution in [0, 0.1) is 35.1 Å². The number of piperidine rings is 2. The van der Waals surface area contributed by atoms with Crippen LogP contribution in [0.25, 0.3) is 22.0 Å². The number of nitrogens with two attached hydrogens (primary N) is 1. The van der Waals surface area contributed by atoms with Crippen molar-refractivity contribution in [1.29, 1.82) is 0 Å². The molecule has 1 saturated carbocycles. The van der Waals surface area contributed by atoms with Crippen LogP contribution < -0.4 is 30.7 Å². The Morgan fingerprint density at radius 3 is 2.27 bits per heavy atom. The first-order valence-corrected chi connectivity index (χ1v) is 25.6. The number of carbonyl (C=O) groups excluding carboxylic acids is 4. The molecule has 0 bridgehead atoms. The second kappa shape index (κ2) is 20.2. The number of nitrogens with one attached hydrogen (secondary N) is 2. The number of carbonyl (C=O) groups is 4. The largest absolute Gasteiger partial charge is 0.494 e. The Morgan fingerprint density at radius 1 is 0.890 bits per heavy atom. The molecular formula is C54H59ClF4N8O6. The van der Waals surface area contributed by atoms with Gasteiger partial charge in [0.1, 0.15) is 22.9 Å². The van der Waals surface area contributed by atoms with Gasteiger partial charge in [0.15, 0.2) is 28.8 Å². The highest BCUT2D eigenvalue weighted by molar-refractivity contribution is 6.34. The number of rotatable bonds is 12. The van der Waals surface area contributed by atoms with Crippen LogP contribution in [0.4, 0.5) is 28.2 Å². The smallest absolute Gasteiger partial charge is 0.329 e. The van der Waals surface area contributed by atoms with Crippen molar-refractivity contribution in [3.05, 3.63) is 105 Å². The van der Waals surface area contributed by atoms with Gasteiger partial charge < -0.3 is 30.3 Å². The summed E-state index contributed by atoms with van der Waals surface area (Å²) in [5.74, 6) is -4.61. The minimum Gasteiger partial charge on any atom is -0.494 e. The molecule has 4 aromatic carbocycles. The number of likely N-dealkylation sites (tertiary alicyclic amines) is 2. The summed E-state index contributed by atoms with van der Waals surface area (Å²) in [5, 5.41) is 10.1. The molecular weight excluding hydrogens is 968 g/mol. The third kappa shape index (κ3) is 9.17. The molecule has 10 rings (SSSR count). The lowest BCUT2D eigenvalue weighted by molar-refractivity contribution is -0.138. The van der Waals surface area contributed by atoms with Crippen LogP contribution in [0.2, 0.25) is 5.02 Å². The van der Waals surface area contributed by atoms with Gasteiger partial charge in [-0.25, -0.2) is 22.4 Å². The average Bonchev–Trinajstić information content (AvgIpc) is 3.86. The first-order valence-electron chi connectivity index (χ1n) is 25.2. The Balaban J connectivity index is 0.735. The van der Waals surface area contributed by atoms with Gasteiger partial charge in [-0.05, 0) is 100 Å². The zero-order valence-corrected chi connectivity index (χ0v) is 41.8. The van der Waals surface area contributed by atoms with E-state index in [1.807, 2.05) is 42.2 Å². The Hall–Kier alpha value is -6.24. The van der Waals surface area contributed by atoms with E-state index in [4.69, 9.17) is 26.8 Å². The molecule has 0 spiro atoms. The van der Waals surface area contributed by atoms with Crippen LogP contribution >= 0.6 is 11.6 Å². The third-order valence-corrected chi connectivity index (χ3v) is 16.6. The minimum atomic E-state index is -1.10. The van der Waals surface area contributed by atoms with E-state index in [1.165, 1.54) is 41.0 Å². The van der Waals surface area contributed by atoms with E-state index in [-0.39, 0.29) is 98.8 Å². The zero-order valence-electron chi connectivity index (χ0n) is 41.0. The monoisotopic (exact) mass is 1030 g/mol. The van der Waals surface area contributed by atoms with Crippen LogP contribution in [-0.2, 0) is 22.2 Å². The molecule has 73 heavy (non-hydrogen) atoms. The summed E-state index contributed by atoms with van der Waals surface area (Å²) in [6, 6.07) is 14.0. The SMILES string of the molecule is COc1ccc(C(N)=O)c(-c2c(Cl)c(F)cc3c2C(C)C(CNC2CCN(C(=O)C4CCC(CN5CCC(c6c(F)cc7c(N8CCC(=O)NC8=O)nn(C)c7c6F)CC5)CC4)CC2)(c2ccccc2)O3)c1F. The molecule has 1 aliphatic carbocycles. The van der Waals surface area contributed by atoms with Crippen molar-refractivity contribution in [2.75, 3.05) is 57.8 Å². The number of halogens is 5. The molecule has 2 unspecified atom stereocenters. The number of hydrogen-bond acceptors (Lipinski definition) is 9. The van der Waals surface area contributed by atoms with Crippen molar-refractivity contribution in [3.8, 4) is 22.6 Å². The number of benzene rings is 4. The lowest BCUT2D eigenvalue weighted by atomic mass is 9.77. The number of imide groups is 1. The van der Waals surface area contributed by atoms with Gasteiger partial charge in [0, 0.05) is 92.4 Å². The molecule has 5 heterocycles. The van der Waals surface area contributed by atoms with Crippen LogP contribution in [0.5, 0.6) is 11.5 Å². The maximum Gasteiger partial charge on any atom is 0.329 e. The van der Waals surface area contributed by atoms with Crippen molar-refractivity contribution < 1.29 is 46.2 Å². The maximum absolute atomic E-state index is 16.2. The Labute approximate surface area is 425 Å². The summed E-state index contributed by atoms with van der Waals surface area (Å²) in [7, 11) is 2.85. The molecule has 14 nitrogen and oxygen atoms in total. The molecule has 2 atom stereocenters. The summed E-state index contributed by atoms with van der Waals surface area (Å²) in [6.45, 7) is 5.70. The molecule has 5 aliphatic rings. The molecule has 4 fully saturated rings. The fourth-order valence-corrected chi connectivity index (χ4v) is 12.5. The van der Waals surface area contributed by atoms with Crippen molar-refractivity contribution in [2.24, 2.45) is 24.6 Å². The number of nitrogens with zero attached hydrogens (tertiary/aromatic N) is 5. The van der Waals surface area contributed by atoms with E-state index >= 15 is 17.6 Å². The second-order valence-electron chi connectivity index (χ2n) is 20.4. The topological polar surface area (TPSA) is 164 Å². The molecule has 4 N–H and O–H groups in total. The molecule has 4 aliphatic heterocycles. The minimum absolute atomic E-state index is 0.0232. The summed E-state index contributed by atoms with van der Waals surface area (Å²) >= 11 is 6.69. The molecule has 3 saturated heterocycles. The first kappa shape index (κ1) is 50.3. The number of amides is 5. The lowest BCUT2D eigenvalue weighted by Crippen LogP contribution is -2.51. The maximum atomic E-state index is 16.2. The van der Waals surface area contributed by atoms with E-state index in [1.54, 1.807) is 7.05 Å². The van der Waals surface area contributed by atoms with E-state index in [0.717, 1.165) is 37.8 Å². The van der Waals surface area contributed by atoms with Crippen LogP contribution in [-0.4, -0.2) is 102 Å². The summed E-state index contributed by atoms with van der Waals surface area (Å²) in [4.78, 5) is 56.5. The average molecular weight is 1030 g/mol. The normalized spacial score (nSPS) is 23.2. The summed E-state index contributed by atoms with van der Waals surface area (Å²) in [6.07, 6.45) is 6.11. The molecule has 19 heteroatoms. The van der Waals surface area contributed by atoms with Gasteiger partial charge >= 0.3 is 6.03 Å². The quantitative estimate of drug-likeness (QED) is 0.104. The van der Waals surface area contributed by atoms with Crippen molar-refractivity contribution in [3.63, 3.8) is 0 Å². The van der Waals surface area contributed by atoms with Crippen LogP contribution in [0.1, 0.15) is 104 Å². The molecule has 386 valence electrons. The van der Waals surface area contributed by atoms with Gasteiger partial charge in [-0.3, -0.25) is 29.3 Å². The first-order chi connectivity index (χ1) is 35.1. The van der Waals surface area contributed by atoms with Crippen molar-refractivity contribution in [1.82, 2.24) is 30.2 Å². The number of methoxy groups -OCH3 is 1. The highest BCUT2D eigenvalue weighted by atomic mass is 35.5. The van der Waals surface area contributed by atoms with Crippen molar-refractivity contribution in [2.45, 2.75) is 88.2 Å². The second-order valence-corrected chi connectivity index (χ2v) is 20.7. The number of urea groups is 1. The van der Waals surface area contributed by atoms with Gasteiger partial charge in [-0.2, -0.15) is 5.10 Å². The Bertz CT molecular complexity index is 2990. The van der Waals surface area contributed by atoms with E-state index in [0.29, 0.717) is 63.3 Å². The number of aryl methyl sites for hydroxylation is 1. The molecule has 5 amide bonds. The van der Waals surface area contributed by atoms with Crippen LogP contribution in [0.3, 0.4) is 0 Å². The molecule has 0 radical (unpaired) electrons. The number of fused-ring (bicyclic) bond motifs is 2. The van der Waals surface area contributed by atoms with Gasteiger partial charge in [-0.1, -0.05) is 48.9 Å². The fraction of sp³-hybridized carbons (Fsp3) is 0.463. The predicted octanol–water partition coefficient (Wildman–Crippen LogP) is 8.66. The zero-order chi connectivity index (χ0) is 51.5. The number of primary amides is 1. The van der Waals surface area contributed by atoms with Crippen LogP contribution in [0.15, 0.2) is 54.6 Å². The fourth-order valence-electron chi connectivity index (χ4n) is 12.3.